The topological polar surface area (TPSA) is 68.2 Å². The second-order valence-corrected chi connectivity index (χ2v) is 5.45. The molecule has 114 valence electrons. The average molecular weight is 299 g/mol. The van der Waals surface area contributed by atoms with Gasteiger partial charge in [-0.15, -0.1) is 0 Å². The molecule has 3 rings (SSSR count). The van der Waals surface area contributed by atoms with Crippen molar-refractivity contribution in [2.24, 2.45) is 11.7 Å². The molecule has 21 heavy (non-hydrogen) atoms. The monoisotopic (exact) mass is 299 g/mol. The third-order valence-corrected chi connectivity index (χ3v) is 3.82. The summed E-state index contributed by atoms with van der Waals surface area (Å²) >= 11 is 0. The zero-order chi connectivity index (χ0) is 15.0. The molecule has 2 aromatic heterocycles. The van der Waals surface area contributed by atoms with E-state index >= 15 is 0 Å². The van der Waals surface area contributed by atoms with Gasteiger partial charge >= 0.3 is 6.18 Å². The minimum absolute atomic E-state index is 0.229. The predicted octanol–water partition coefficient (Wildman–Crippen LogP) is 2.29. The van der Waals surface area contributed by atoms with Crippen LogP contribution in [0.15, 0.2) is 18.5 Å². The normalized spacial score (nSPS) is 22.9. The van der Waals surface area contributed by atoms with E-state index < -0.39 is 11.9 Å². The van der Waals surface area contributed by atoms with Crippen molar-refractivity contribution in [1.29, 1.82) is 0 Å². The number of rotatable bonds is 3. The van der Waals surface area contributed by atoms with Crippen LogP contribution in [0, 0.1) is 5.92 Å². The van der Waals surface area contributed by atoms with E-state index in [2.05, 4.69) is 15.4 Å². The van der Waals surface area contributed by atoms with Crippen molar-refractivity contribution in [3.8, 4) is 0 Å². The second kappa shape index (κ2) is 5.18. The summed E-state index contributed by atoms with van der Waals surface area (Å²) in [4.78, 5) is 4.11. The van der Waals surface area contributed by atoms with E-state index in [1.54, 1.807) is 0 Å². The molecule has 2 atom stereocenters. The molecule has 1 aliphatic rings. The van der Waals surface area contributed by atoms with Gasteiger partial charge in [-0.3, -0.25) is 0 Å². The molecule has 1 fully saturated rings. The molecule has 2 aromatic rings. The molecule has 0 spiro atoms. The standard InChI is InChI=1S/C13H16F3N5/c14-13(15,16)11-6-10-12(18-3-4-21(10)20-11)19-7-8-1-2-9(17)5-8/h3-4,6,8-9H,1-2,5,7,17H2,(H,18,19). The number of alkyl halides is 3. The van der Waals surface area contributed by atoms with Crippen molar-refractivity contribution in [3.05, 3.63) is 24.2 Å². The fourth-order valence-corrected chi connectivity index (χ4v) is 2.74. The highest BCUT2D eigenvalue weighted by atomic mass is 19.4. The van der Waals surface area contributed by atoms with Crippen molar-refractivity contribution in [2.45, 2.75) is 31.5 Å². The third-order valence-electron chi connectivity index (χ3n) is 3.82. The van der Waals surface area contributed by atoms with Gasteiger partial charge in [0, 0.05) is 31.0 Å². The Morgan fingerprint density at radius 2 is 2.19 bits per heavy atom. The first-order valence-corrected chi connectivity index (χ1v) is 6.84. The van der Waals surface area contributed by atoms with Crippen LogP contribution >= 0.6 is 0 Å². The van der Waals surface area contributed by atoms with Crippen LogP contribution in [0.4, 0.5) is 19.0 Å². The van der Waals surface area contributed by atoms with Gasteiger partial charge in [0.2, 0.25) is 0 Å². The summed E-state index contributed by atoms with van der Waals surface area (Å²) in [6, 6.07) is 1.24. The Morgan fingerprint density at radius 3 is 2.86 bits per heavy atom. The first kappa shape index (κ1) is 14.1. The number of nitrogens with one attached hydrogen (secondary N) is 1. The Labute approximate surface area is 119 Å². The van der Waals surface area contributed by atoms with Crippen LogP contribution in [0.25, 0.3) is 5.52 Å². The summed E-state index contributed by atoms with van der Waals surface area (Å²) < 4.78 is 39.3. The lowest BCUT2D eigenvalue weighted by molar-refractivity contribution is -0.141. The van der Waals surface area contributed by atoms with E-state index in [9.17, 15) is 13.2 Å². The maximum atomic E-state index is 12.7. The van der Waals surface area contributed by atoms with Crippen molar-refractivity contribution in [2.75, 3.05) is 11.9 Å². The van der Waals surface area contributed by atoms with E-state index in [4.69, 9.17) is 5.73 Å². The van der Waals surface area contributed by atoms with Gasteiger partial charge < -0.3 is 11.1 Å². The molecular weight excluding hydrogens is 283 g/mol. The van der Waals surface area contributed by atoms with Crippen LogP contribution in [0.5, 0.6) is 0 Å². The quantitative estimate of drug-likeness (QED) is 0.912. The maximum absolute atomic E-state index is 12.7. The Kier molecular flexibility index (Phi) is 3.48. The Morgan fingerprint density at radius 1 is 1.38 bits per heavy atom. The minimum atomic E-state index is -4.46. The number of halogens is 3. The minimum Gasteiger partial charge on any atom is -0.368 e. The van der Waals surface area contributed by atoms with Crippen LogP contribution in [-0.2, 0) is 6.18 Å². The van der Waals surface area contributed by atoms with Crippen LogP contribution in [0.3, 0.4) is 0 Å². The number of nitrogens with two attached hydrogens (primary N) is 1. The van der Waals surface area contributed by atoms with Crippen molar-refractivity contribution < 1.29 is 13.2 Å². The molecule has 5 nitrogen and oxygen atoms in total. The third kappa shape index (κ3) is 2.94. The SMILES string of the molecule is NC1CCC(CNc2nccn3nc(C(F)(F)F)cc23)C1. The Balaban J connectivity index is 1.80. The Hall–Kier alpha value is -1.83. The maximum Gasteiger partial charge on any atom is 0.435 e. The van der Waals surface area contributed by atoms with Crippen molar-refractivity contribution in [1.82, 2.24) is 14.6 Å². The highest BCUT2D eigenvalue weighted by Gasteiger charge is 2.34. The summed E-state index contributed by atoms with van der Waals surface area (Å²) in [5.74, 6) is 0.855. The number of hydrogen-bond acceptors (Lipinski definition) is 4. The zero-order valence-electron chi connectivity index (χ0n) is 11.3. The van der Waals surface area contributed by atoms with Crippen LogP contribution in [0.1, 0.15) is 25.0 Å². The molecule has 2 unspecified atom stereocenters. The summed E-state index contributed by atoms with van der Waals surface area (Å²) in [5, 5.41) is 6.65. The summed E-state index contributed by atoms with van der Waals surface area (Å²) in [6.07, 6.45) is 1.34. The second-order valence-electron chi connectivity index (χ2n) is 5.45. The fraction of sp³-hybridized carbons (Fsp3) is 0.538. The molecule has 1 aliphatic carbocycles. The van der Waals surface area contributed by atoms with Crippen LogP contribution < -0.4 is 11.1 Å². The van der Waals surface area contributed by atoms with Gasteiger partial charge in [-0.1, -0.05) is 0 Å². The molecule has 3 N–H and O–H groups in total. The molecule has 8 heteroatoms. The van der Waals surface area contributed by atoms with Crippen LogP contribution in [0.2, 0.25) is 0 Å². The van der Waals surface area contributed by atoms with Gasteiger partial charge in [0.25, 0.3) is 0 Å². The first-order valence-electron chi connectivity index (χ1n) is 6.84. The smallest absolute Gasteiger partial charge is 0.368 e. The summed E-state index contributed by atoms with van der Waals surface area (Å²) in [7, 11) is 0. The highest BCUT2D eigenvalue weighted by molar-refractivity contribution is 5.67. The molecule has 0 aromatic carbocycles. The summed E-state index contributed by atoms with van der Waals surface area (Å²) in [6.45, 7) is 0.660. The van der Waals surface area contributed by atoms with E-state index in [0.29, 0.717) is 23.8 Å². The number of hydrogen-bond donors (Lipinski definition) is 2. The number of nitrogens with zero attached hydrogens (tertiary/aromatic N) is 3. The van der Waals surface area contributed by atoms with Gasteiger partial charge in [0.1, 0.15) is 5.52 Å². The molecule has 2 heterocycles. The van der Waals surface area contributed by atoms with E-state index in [0.717, 1.165) is 25.3 Å². The van der Waals surface area contributed by atoms with Crippen molar-refractivity contribution in [3.63, 3.8) is 0 Å². The average Bonchev–Trinajstić information content (AvgIpc) is 3.01. The Bertz CT molecular complexity index is 636. The number of anilines is 1. The van der Waals surface area contributed by atoms with Gasteiger partial charge in [0.05, 0.1) is 0 Å². The molecular formula is C13H16F3N5. The predicted molar refractivity (Wildman–Crippen MR) is 71.8 cm³/mol. The van der Waals surface area contributed by atoms with Crippen molar-refractivity contribution >= 4 is 11.3 Å². The number of fused-ring (bicyclic) bond motifs is 1. The lowest BCUT2D eigenvalue weighted by Crippen LogP contribution is -2.18. The summed E-state index contributed by atoms with van der Waals surface area (Å²) in [5.41, 5.74) is 5.26. The molecule has 0 amide bonds. The molecule has 0 radical (unpaired) electrons. The molecule has 1 saturated carbocycles. The lowest BCUT2D eigenvalue weighted by Gasteiger charge is -2.12. The largest absolute Gasteiger partial charge is 0.435 e. The first-order chi connectivity index (χ1) is 9.93. The van der Waals surface area contributed by atoms with E-state index in [1.165, 1.54) is 16.9 Å². The number of aromatic nitrogens is 3. The highest BCUT2D eigenvalue weighted by Crippen LogP contribution is 2.30. The van der Waals surface area contributed by atoms with Gasteiger partial charge in [-0.25, -0.2) is 9.50 Å². The van der Waals surface area contributed by atoms with Gasteiger partial charge in [-0.2, -0.15) is 18.3 Å². The molecule has 0 saturated heterocycles. The van der Waals surface area contributed by atoms with E-state index in [1.807, 2.05) is 0 Å². The lowest BCUT2D eigenvalue weighted by atomic mass is 10.1. The van der Waals surface area contributed by atoms with E-state index in [-0.39, 0.29) is 6.04 Å². The molecule has 0 bridgehead atoms. The fourth-order valence-electron chi connectivity index (χ4n) is 2.74. The zero-order valence-corrected chi connectivity index (χ0v) is 11.3. The van der Waals surface area contributed by atoms with Crippen LogP contribution in [-0.4, -0.2) is 27.2 Å². The molecule has 0 aliphatic heterocycles. The van der Waals surface area contributed by atoms with Gasteiger partial charge in [-0.05, 0) is 25.2 Å². The van der Waals surface area contributed by atoms with Gasteiger partial charge in [0.15, 0.2) is 11.5 Å².